The number of piperazine rings is 1. The van der Waals surface area contributed by atoms with Gasteiger partial charge in [-0.05, 0) is 33.0 Å². The van der Waals surface area contributed by atoms with Gasteiger partial charge in [0.2, 0.25) is 0 Å². The first-order valence-electron chi connectivity index (χ1n) is 6.26. The minimum Gasteiger partial charge on any atom is -0.384 e. The van der Waals surface area contributed by atoms with Gasteiger partial charge in [0.1, 0.15) is 11.7 Å². The molecule has 0 radical (unpaired) electrons. The van der Waals surface area contributed by atoms with Crippen molar-refractivity contribution in [3.8, 4) is 0 Å². The normalized spacial score (nSPS) is 25.2. The molecule has 0 saturated carbocycles. The third-order valence-corrected chi connectivity index (χ3v) is 3.74. The molecule has 1 aliphatic rings. The lowest BCUT2D eigenvalue weighted by Gasteiger charge is -2.43. The molecule has 98 valence electrons. The van der Waals surface area contributed by atoms with Crippen molar-refractivity contribution in [2.75, 3.05) is 25.0 Å². The minimum atomic E-state index is 0.0916. The van der Waals surface area contributed by atoms with Crippen molar-refractivity contribution in [3.05, 3.63) is 23.9 Å². The highest BCUT2D eigenvalue weighted by atomic mass is 15.3. The first-order chi connectivity index (χ1) is 8.49. The van der Waals surface area contributed by atoms with E-state index in [9.17, 15) is 0 Å². The van der Waals surface area contributed by atoms with Gasteiger partial charge in [-0.2, -0.15) is 0 Å². The Labute approximate surface area is 108 Å². The summed E-state index contributed by atoms with van der Waals surface area (Å²) in [6.45, 7) is 6.35. The average Bonchev–Trinajstić information content (AvgIpc) is 2.35. The SMILES string of the molecule is CC1CN(c2cc(C(=N)N)ccn2)CC(C)N1C. The molecular weight excluding hydrogens is 226 g/mol. The number of nitrogens with zero attached hydrogens (tertiary/aromatic N) is 3. The molecule has 1 saturated heterocycles. The zero-order valence-electron chi connectivity index (χ0n) is 11.2. The van der Waals surface area contributed by atoms with Crippen LogP contribution in [0.5, 0.6) is 0 Å². The van der Waals surface area contributed by atoms with Gasteiger partial charge in [-0.15, -0.1) is 0 Å². The number of nitrogens with one attached hydrogen (secondary N) is 1. The van der Waals surface area contributed by atoms with Crippen LogP contribution in [0.2, 0.25) is 0 Å². The molecule has 18 heavy (non-hydrogen) atoms. The average molecular weight is 247 g/mol. The van der Waals surface area contributed by atoms with Gasteiger partial charge in [0, 0.05) is 36.9 Å². The van der Waals surface area contributed by atoms with Gasteiger partial charge < -0.3 is 10.6 Å². The third-order valence-electron chi connectivity index (χ3n) is 3.74. The molecule has 2 heterocycles. The summed E-state index contributed by atoms with van der Waals surface area (Å²) in [7, 11) is 2.16. The number of anilines is 1. The highest BCUT2D eigenvalue weighted by Crippen LogP contribution is 2.20. The number of likely N-dealkylation sites (N-methyl/N-ethyl adjacent to an activating group) is 1. The number of rotatable bonds is 2. The maximum absolute atomic E-state index is 7.48. The lowest BCUT2D eigenvalue weighted by Crippen LogP contribution is -2.55. The highest BCUT2D eigenvalue weighted by Gasteiger charge is 2.27. The fraction of sp³-hybridized carbons (Fsp3) is 0.538. The Hall–Kier alpha value is -1.62. The molecule has 1 fully saturated rings. The van der Waals surface area contributed by atoms with Crippen molar-refractivity contribution < 1.29 is 0 Å². The van der Waals surface area contributed by atoms with Crippen LogP contribution in [0.1, 0.15) is 19.4 Å². The van der Waals surface area contributed by atoms with Crippen molar-refractivity contribution in [3.63, 3.8) is 0 Å². The zero-order chi connectivity index (χ0) is 13.3. The van der Waals surface area contributed by atoms with E-state index in [1.165, 1.54) is 0 Å². The van der Waals surface area contributed by atoms with Gasteiger partial charge in [0.05, 0.1) is 0 Å². The quantitative estimate of drug-likeness (QED) is 0.601. The smallest absolute Gasteiger partial charge is 0.129 e. The van der Waals surface area contributed by atoms with E-state index in [1.807, 2.05) is 6.07 Å². The van der Waals surface area contributed by atoms with E-state index in [1.54, 1.807) is 12.3 Å². The lowest BCUT2D eigenvalue weighted by atomic mass is 10.1. The molecule has 0 amide bonds. The summed E-state index contributed by atoms with van der Waals surface area (Å²) in [6, 6.07) is 4.66. The molecule has 0 spiro atoms. The number of hydrogen-bond acceptors (Lipinski definition) is 4. The van der Waals surface area contributed by atoms with Crippen LogP contribution in [0.15, 0.2) is 18.3 Å². The van der Waals surface area contributed by atoms with Crippen molar-refractivity contribution >= 4 is 11.7 Å². The van der Waals surface area contributed by atoms with Gasteiger partial charge in [-0.1, -0.05) is 0 Å². The van der Waals surface area contributed by atoms with E-state index in [0.717, 1.165) is 24.5 Å². The molecule has 1 aliphatic heterocycles. The number of pyridine rings is 1. The summed E-state index contributed by atoms with van der Waals surface area (Å²) in [6.07, 6.45) is 1.72. The largest absolute Gasteiger partial charge is 0.384 e. The van der Waals surface area contributed by atoms with Crippen LogP contribution in [0, 0.1) is 5.41 Å². The van der Waals surface area contributed by atoms with E-state index < -0.39 is 0 Å². The van der Waals surface area contributed by atoms with Crippen LogP contribution in [0.25, 0.3) is 0 Å². The second kappa shape index (κ2) is 4.94. The molecule has 5 heteroatoms. The summed E-state index contributed by atoms with van der Waals surface area (Å²) in [5.74, 6) is 1.00. The Kier molecular flexibility index (Phi) is 3.52. The molecule has 0 aromatic carbocycles. The number of nitrogens with two attached hydrogens (primary N) is 1. The van der Waals surface area contributed by atoms with Crippen molar-refractivity contribution in [2.24, 2.45) is 5.73 Å². The van der Waals surface area contributed by atoms with Crippen LogP contribution in [-0.4, -0.2) is 47.9 Å². The molecular formula is C13H21N5. The van der Waals surface area contributed by atoms with E-state index >= 15 is 0 Å². The van der Waals surface area contributed by atoms with Crippen LogP contribution >= 0.6 is 0 Å². The fourth-order valence-corrected chi connectivity index (χ4v) is 2.35. The third kappa shape index (κ3) is 2.46. The van der Waals surface area contributed by atoms with E-state index in [4.69, 9.17) is 11.1 Å². The van der Waals surface area contributed by atoms with Gasteiger partial charge in [-0.3, -0.25) is 10.3 Å². The van der Waals surface area contributed by atoms with Crippen LogP contribution in [-0.2, 0) is 0 Å². The highest BCUT2D eigenvalue weighted by molar-refractivity contribution is 5.95. The van der Waals surface area contributed by atoms with Crippen molar-refractivity contribution in [1.29, 1.82) is 5.41 Å². The molecule has 0 aliphatic carbocycles. The lowest BCUT2D eigenvalue weighted by molar-refractivity contribution is 0.169. The number of aromatic nitrogens is 1. The minimum absolute atomic E-state index is 0.0916. The first kappa shape index (κ1) is 12.8. The zero-order valence-corrected chi connectivity index (χ0v) is 11.2. The number of nitrogen functional groups attached to an aromatic ring is 1. The summed E-state index contributed by atoms with van der Waals surface area (Å²) in [5, 5.41) is 7.48. The van der Waals surface area contributed by atoms with Crippen LogP contribution < -0.4 is 10.6 Å². The summed E-state index contributed by atoms with van der Waals surface area (Å²) in [5.41, 5.74) is 6.25. The number of hydrogen-bond donors (Lipinski definition) is 2. The summed E-state index contributed by atoms with van der Waals surface area (Å²) >= 11 is 0. The predicted molar refractivity (Wildman–Crippen MR) is 74.2 cm³/mol. The predicted octanol–water partition coefficient (Wildman–Crippen LogP) is 0.894. The van der Waals surface area contributed by atoms with Gasteiger partial charge in [0.25, 0.3) is 0 Å². The molecule has 2 unspecified atom stereocenters. The maximum Gasteiger partial charge on any atom is 0.129 e. The molecule has 0 bridgehead atoms. The molecule has 1 aromatic rings. The van der Waals surface area contributed by atoms with Crippen molar-refractivity contribution in [2.45, 2.75) is 25.9 Å². The van der Waals surface area contributed by atoms with E-state index in [-0.39, 0.29) is 5.84 Å². The second-order valence-corrected chi connectivity index (χ2v) is 5.08. The monoisotopic (exact) mass is 247 g/mol. The fourth-order valence-electron chi connectivity index (χ4n) is 2.35. The summed E-state index contributed by atoms with van der Waals surface area (Å²) in [4.78, 5) is 9.04. The van der Waals surface area contributed by atoms with Gasteiger partial charge in [0.15, 0.2) is 0 Å². The molecule has 2 rings (SSSR count). The van der Waals surface area contributed by atoms with Gasteiger partial charge in [-0.25, -0.2) is 4.98 Å². The Morgan fingerprint density at radius 1 is 1.39 bits per heavy atom. The molecule has 2 atom stereocenters. The maximum atomic E-state index is 7.48. The van der Waals surface area contributed by atoms with E-state index in [0.29, 0.717) is 12.1 Å². The molecule has 5 nitrogen and oxygen atoms in total. The van der Waals surface area contributed by atoms with E-state index in [2.05, 4.69) is 35.7 Å². The van der Waals surface area contributed by atoms with Crippen LogP contribution in [0.4, 0.5) is 5.82 Å². The second-order valence-electron chi connectivity index (χ2n) is 5.08. The Bertz CT molecular complexity index is 433. The summed E-state index contributed by atoms with van der Waals surface area (Å²) < 4.78 is 0. The van der Waals surface area contributed by atoms with Crippen molar-refractivity contribution in [1.82, 2.24) is 9.88 Å². The molecule has 3 N–H and O–H groups in total. The molecule has 1 aromatic heterocycles. The topological polar surface area (TPSA) is 69.2 Å². The Balaban J connectivity index is 2.21. The van der Waals surface area contributed by atoms with Gasteiger partial charge >= 0.3 is 0 Å². The Morgan fingerprint density at radius 3 is 2.56 bits per heavy atom. The first-order valence-corrected chi connectivity index (χ1v) is 6.26. The standard InChI is InChI=1S/C13H21N5/c1-9-7-18(8-10(2)17(9)3)12-6-11(13(14)15)4-5-16-12/h4-6,9-10H,7-8H2,1-3H3,(H3,14,15). The van der Waals surface area contributed by atoms with Crippen LogP contribution in [0.3, 0.4) is 0 Å². The number of amidine groups is 1. The Morgan fingerprint density at radius 2 is 2.00 bits per heavy atom.